The molecule has 39 heavy (non-hydrogen) atoms. The number of amides is 2. The summed E-state index contributed by atoms with van der Waals surface area (Å²) in [5.41, 5.74) is 2.31. The Morgan fingerprint density at radius 1 is 1.13 bits per heavy atom. The molecule has 0 bridgehead atoms. The lowest BCUT2D eigenvalue weighted by Gasteiger charge is -2.23. The summed E-state index contributed by atoms with van der Waals surface area (Å²) >= 11 is 6.50. The number of nitrogens with one attached hydrogen (secondary N) is 1. The molecular formula is C29H24ClF2N5O2. The quantitative estimate of drug-likeness (QED) is 0.329. The molecule has 0 saturated heterocycles. The molecule has 0 unspecified atom stereocenters. The van der Waals surface area contributed by atoms with Crippen molar-refractivity contribution in [2.45, 2.75) is 25.8 Å². The van der Waals surface area contributed by atoms with Gasteiger partial charge in [0.05, 0.1) is 27.7 Å². The number of hydrogen-bond acceptors (Lipinski definition) is 4. The average Bonchev–Trinajstić information content (AvgIpc) is 3.33. The first kappa shape index (κ1) is 26.2. The molecule has 2 aromatic heterocycles. The monoisotopic (exact) mass is 547 g/mol. The first-order chi connectivity index (χ1) is 18.7. The lowest BCUT2D eigenvalue weighted by molar-refractivity contribution is -0.116. The first-order valence-electron chi connectivity index (χ1n) is 12.2. The van der Waals surface area contributed by atoms with E-state index in [9.17, 15) is 9.59 Å². The molecule has 0 spiro atoms. The predicted octanol–water partition coefficient (Wildman–Crippen LogP) is 5.61. The van der Waals surface area contributed by atoms with Crippen LogP contribution in [0.15, 0.2) is 85.3 Å². The molecule has 0 saturated carbocycles. The standard InChI is InChI=1S/C29H24ClF2N5O2/c1-19-10-13-37(35-19)21-8-9-23(25(30)15-21)28(39)36-14-11-29(31,32)24(22-6-2-3-7-26(22)36)16-27(38)34-18-20-5-4-12-33-17-20/h2-10,12-13,15-17H,11,14,18H2,1H3,(H,34,38)/b24-16-. The summed E-state index contributed by atoms with van der Waals surface area (Å²) in [5, 5.41) is 7.14. The van der Waals surface area contributed by atoms with Gasteiger partial charge in [-0.3, -0.25) is 14.6 Å². The normalized spacial score (nSPS) is 15.5. The van der Waals surface area contributed by atoms with Gasteiger partial charge in [0.2, 0.25) is 5.91 Å². The zero-order valence-corrected chi connectivity index (χ0v) is 21.7. The first-order valence-corrected chi connectivity index (χ1v) is 12.6. The number of carbonyl (C=O) groups excluding carboxylic acids is 2. The van der Waals surface area contributed by atoms with Crippen LogP contribution in [0.5, 0.6) is 0 Å². The maximum absolute atomic E-state index is 15.5. The molecule has 0 atom stereocenters. The zero-order valence-electron chi connectivity index (χ0n) is 20.9. The molecule has 0 fully saturated rings. The van der Waals surface area contributed by atoms with Crippen LogP contribution >= 0.6 is 11.6 Å². The Balaban J connectivity index is 1.46. The fraction of sp³-hybridized carbons (Fsp3) is 0.172. The van der Waals surface area contributed by atoms with E-state index in [2.05, 4.69) is 15.4 Å². The van der Waals surface area contributed by atoms with Crippen molar-refractivity contribution < 1.29 is 18.4 Å². The van der Waals surface area contributed by atoms with Crippen LogP contribution in [0, 0.1) is 6.92 Å². The number of anilines is 1. The summed E-state index contributed by atoms with van der Waals surface area (Å²) in [5.74, 6) is -4.55. The van der Waals surface area contributed by atoms with Crippen molar-refractivity contribution in [2.75, 3.05) is 11.4 Å². The second-order valence-corrected chi connectivity index (χ2v) is 9.54. The van der Waals surface area contributed by atoms with Crippen LogP contribution in [-0.2, 0) is 11.3 Å². The summed E-state index contributed by atoms with van der Waals surface area (Å²) < 4.78 is 32.6. The molecule has 0 radical (unpaired) electrons. The molecule has 1 N–H and O–H groups in total. The number of carbonyl (C=O) groups is 2. The van der Waals surface area contributed by atoms with E-state index in [1.807, 2.05) is 13.0 Å². The molecule has 7 nitrogen and oxygen atoms in total. The Morgan fingerprint density at radius 2 is 1.95 bits per heavy atom. The zero-order chi connectivity index (χ0) is 27.6. The molecule has 0 aliphatic carbocycles. The highest BCUT2D eigenvalue weighted by atomic mass is 35.5. The fourth-order valence-corrected chi connectivity index (χ4v) is 4.69. The van der Waals surface area contributed by atoms with Crippen LogP contribution in [0.1, 0.15) is 33.6 Å². The summed E-state index contributed by atoms with van der Waals surface area (Å²) in [7, 11) is 0. The number of fused-ring (bicyclic) bond motifs is 1. The average molecular weight is 548 g/mol. The maximum Gasteiger partial charge on any atom is 0.275 e. The summed E-state index contributed by atoms with van der Waals surface area (Å²) in [6.45, 7) is 1.73. The van der Waals surface area contributed by atoms with E-state index in [1.165, 1.54) is 11.0 Å². The van der Waals surface area contributed by atoms with Gasteiger partial charge in [-0.05, 0) is 48.9 Å². The molecule has 5 rings (SSSR count). The number of rotatable bonds is 5. The van der Waals surface area contributed by atoms with Crippen LogP contribution in [-0.4, -0.2) is 39.0 Å². The van der Waals surface area contributed by atoms with Gasteiger partial charge in [0, 0.05) is 55.3 Å². The lowest BCUT2D eigenvalue weighted by Crippen LogP contribution is -2.33. The van der Waals surface area contributed by atoms with Crippen LogP contribution in [0.3, 0.4) is 0 Å². The highest BCUT2D eigenvalue weighted by molar-refractivity contribution is 6.34. The van der Waals surface area contributed by atoms with E-state index < -0.39 is 29.7 Å². The van der Waals surface area contributed by atoms with Gasteiger partial charge < -0.3 is 10.2 Å². The van der Waals surface area contributed by atoms with Gasteiger partial charge in [0.25, 0.3) is 11.8 Å². The second-order valence-electron chi connectivity index (χ2n) is 9.13. The molecule has 3 heterocycles. The largest absolute Gasteiger partial charge is 0.348 e. The third-order valence-corrected chi connectivity index (χ3v) is 6.72. The van der Waals surface area contributed by atoms with E-state index in [1.54, 1.807) is 71.8 Å². The van der Waals surface area contributed by atoms with Crippen LogP contribution in [0.2, 0.25) is 5.02 Å². The summed E-state index contributed by atoms with van der Waals surface area (Å²) in [6.07, 6.45) is 5.20. The summed E-state index contributed by atoms with van der Waals surface area (Å²) in [6, 6.07) is 16.5. The number of allylic oxidation sites excluding steroid dienone is 1. The van der Waals surface area contributed by atoms with E-state index >= 15 is 8.78 Å². The number of hydrogen-bond donors (Lipinski definition) is 1. The molecule has 2 aromatic carbocycles. The minimum atomic E-state index is -3.36. The topological polar surface area (TPSA) is 80.1 Å². The predicted molar refractivity (Wildman–Crippen MR) is 145 cm³/mol. The Kier molecular flexibility index (Phi) is 7.26. The van der Waals surface area contributed by atoms with Crippen LogP contribution in [0.25, 0.3) is 11.3 Å². The maximum atomic E-state index is 15.5. The lowest BCUT2D eigenvalue weighted by atomic mass is 9.97. The molecular weight excluding hydrogens is 524 g/mol. The van der Waals surface area contributed by atoms with Crippen LogP contribution in [0.4, 0.5) is 14.5 Å². The van der Waals surface area contributed by atoms with E-state index in [0.717, 1.165) is 17.3 Å². The van der Waals surface area contributed by atoms with Gasteiger partial charge >= 0.3 is 0 Å². The Morgan fingerprint density at radius 3 is 2.67 bits per heavy atom. The second kappa shape index (κ2) is 10.8. The third kappa shape index (κ3) is 5.58. The Hall–Kier alpha value is -4.37. The van der Waals surface area contributed by atoms with Crippen molar-refractivity contribution in [3.8, 4) is 5.69 Å². The van der Waals surface area contributed by atoms with Crippen molar-refractivity contribution >= 4 is 34.7 Å². The van der Waals surface area contributed by atoms with Gasteiger partial charge in [0.1, 0.15) is 0 Å². The number of aryl methyl sites for hydroxylation is 1. The Labute approximate surface area is 228 Å². The molecule has 1 aliphatic heterocycles. The van der Waals surface area contributed by atoms with Gasteiger partial charge in [-0.2, -0.15) is 5.10 Å². The number of halogens is 3. The molecule has 198 valence electrons. The molecule has 10 heteroatoms. The summed E-state index contributed by atoms with van der Waals surface area (Å²) in [4.78, 5) is 31.6. The minimum absolute atomic E-state index is 0.102. The number of nitrogens with zero attached hydrogens (tertiary/aromatic N) is 4. The Bertz CT molecular complexity index is 1570. The number of para-hydroxylation sites is 1. The molecule has 1 aliphatic rings. The van der Waals surface area contributed by atoms with Crippen molar-refractivity contribution in [1.29, 1.82) is 0 Å². The van der Waals surface area contributed by atoms with Crippen molar-refractivity contribution in [2.24, 2.45) is 0 Å². The highest BCUT2D eigenvalue weighted by Gasteiger charge is 2.41. The van der Waals surface area contributed by atoms with Gasteiger partial charge in [-0.1, -0.05) is 35.9 Å². The molecule has 2 amide bonds. The van der Waals surface area contributed by atoms with Gasteiger partial charge in [-0.15, -0.1) is 0 Å². The molecule has 4 aromatic rings. The van der Waals surface area contributed by atoms with Crippen molar-refractivity contribution in [3.05, 3.63) is 113 Å². The van der Waals surface area contributed by atoms with Gasteiger partial charge in [-0.25, -0.2) is 13.5 Å². The minimum Gasteiger partial charge on any atom is -0.348 e. The fourth-order valence-electron chi connectivity index (χ4n) is 4.43. The van der Waals surface area contributed by atoms with E-state index in [0.29, 0.717) is 5.69 Å². The number of aromatic nitrogens is 3. The van der Waals surface area contributed by atoms with E-state index in [-0.39, 0.29) is 34.9 Å². The third-order valence-electron chi connectivity index (χ3n) is 6.41. The SMILES string of the molecule is Cc1ccn(-c2ccc(C(=O)N3CCC(F)(F)/C(=C\C(=O)NCc4cccnc4)c4ccccc43)c(Cl)c2)n1. The van der Waals surface area contributed by atoms with Crippen LogP contribution < -0.4 is 10.2 Å². The number of alkyl halides is 2. The van der Waals surface area contributed by atoms with E-state index in [4.69, 9.17) is 11.6 Å². The smallest absolute Gasteiger partial charge is 0.275 e. The number of benzene rings is 2. The number of pyridine rings is 1. The highest BCUT2D eigenvalue weighted by Crippen LogP contribution is 2.43. The van der Waals surface area contributed by atoms with Gasteiger partial charge in [0.15, 0.2) is 0 Å². The van der Waals surface area contributed by atoms with Crippen molar-refractivity contribution in [1.82, 2.24) is 20.1 Å². The van der Waals surface area contributed by atoms with Crippen molar-refractivity contribution in [3.63, 3.8) is 0 Å².